The van der Waals surface area contributed by atoms with Crippen molar-refractivity contribution in [2.24, 2.45) is 11.8 Å². The smallest absolute Gasteiger partial charge is 0.0551 e. The molecule has 1 saturated heterocycles. The Hall–Kier alpha value is -0.0800. The van der Waals surface area contributed by atoms with E-state index in [9.17, 15) is 0 Å². The Morgan fingerprint density at radius 2 is 2.00 bits per heavy atom. The number of ether oxygens (including phenoxy) is 1. The van der Waals surface area contributed by atoms with Crippen LogP contribution in [-0.4, -0.2) is 25.3 Å². The SMILES string of the molecule is CCCNC(CC1CCCCC1)C1COC(C)C1. The van der Waals surface area contributed by atoms with E-state index in [2.05, 4.69) is 19.2 Å². The van der Waals surface area contributed by atoms with E-state index in [-0.39, 0.29) is 0 Å². The van der Waals surface area contributed by atoms with Crippen molar-refractivity contribution in [3.63, 3.8) is 0 Å². The molecule has 0 spiro atoms. The summed E-state index contributed by atoms with van der Waals surface area (Å²) in [4.78, 5) is 0. The summed E-state index contributed by atoms with van der Waals surface area (Å²) in [5.41, 5.74) is 0. The third-order valence-corrected chi connectivity index (χ3v) is 4.77. The van der Waals surface area contributed by atoms with Crippen LogP contribution < -0.4 is 5.32 Å². The quantitative estimate of drug-likeness (QED) is 0.778. The molecule has 1 saturated carbocycles. The van der Waals surface area contributed by atoms with Gasteiger partial charge in [-0.05, 0) is 38.6 Å². The third kappa shape index (κ3) is 4.24. The van der Waals surface area contributed by atoms with Crippen LogP contribution in [0.4, 0.5) is 0 Å². The minimum atomic E-state index is 0.479. The summed E-state index contributed by atoms with van der Waals surface area (Å²) in [7, 11) is 0. The molecule has 1 aliphatic heterocycles. The summed E-state index contributed by atoms with van der Waals surface area (Å²) >= 11 is 0. The molecule has 2 fully saturated rings. The largest absolute Gasteiger partial charge is 0.378 e. The number of hydrogen-bond donors (Lipinski definition) is 1. The molecule has 0 aromatic carbocycles. The maximum Gasteiger partial charge on any atom is 0.0551 e. The first-order chi connectivity index (χ1) is 8.79. The Balaban J connectivity index is 1.83. The highest BCUT2D eigenvalue weighted by Gasteiger charge is 2.31. The first-order valence-electron chi connectivity index (χ1n) is 8.14. The van der Waals surface area contributed by atoms with Crippen molar-refractivity contribution in [1.29, 1.82) is 0 Å². The van der Waals surface area contributed by atoms with Crippen molar-refractivity contribution in [2.75, 3.05) is 13.2 Å². The molecular weight excluding hydrogens is 222 g/mol. The lowest BCUT2D eigenvalue weighted by molar-refractivity contribution is 0.115. The van der Waals surface area contributed by atoms with Crippen LogP contribution >= 0.6 is 0 Å². The van der Waals surface area contributed by atoms with Crippen molar-refractivity contribution >= 4 is 0 Å². The summed E-state index contributed by atoms with van der Waals surface area (Å²) in [5.74, 6) is 1.73. The van der Waals surface area contributed by atoms with Gasteiger partial charge in [0.25, 0.3) is 0 Å². The van der Waals surface area contributed by atoms with Crippen LogP contribution in [0.5, 0.6) is 0 Å². The highest BCUT2D eigenvalue weighted by molar-refractivity contribution is 4.84. The average molecular weight is 253 g/mol. The Labute approximate surface area is 113 Å². The van der Waals surface area contributed by atoms with Gasteiger partial charge in [-0.1, -0.05) is 39.0 Å². The second-order valence-electron chi connectivity index (χ2n) is 6.44. The molecule has 0 aromatic rings. The summed E-state index contributed by atoms with van der Waals surface area (Å²) in [6.07, 6.45) is 11.7. The molecule has 1 aliphatic carbocycles. The highest BCUT2D eigenvalue weighted by atomic mass is 16.5. The first kappa shape index (κ1) is 14.3. The van der Waals surface area contributed by atoms with Crippen LogP contribution in [0.1, 0.15) is 65.2 Å². The van der Waals surface area contributed by atoms with E-state index < -0.39 is 0 Å². The summed E-state index contributed by atoms with van der Waals surface area (Å²) < 4.78 is 5.78. The van der Waals surface area contributed by atoms with Gasteiger partial charge in [0.2, 0.25) is 0 Å². The fraction of sp³-hybridized carbons (Fsp3) is 1.00. The van der Waals surface area contributed by atoms with Crippen molar-refractivity contribution < 1.29 is 4.74 Å². The minimum Gasteiger partial charge on any atom is -0.378 e. The Morgan fingerprint density at radius 3 is 2.61 bits per heavy atom. The molecule has 2 rings (SSSR count). The Kier molecular flexibility index (Phi) is 5.97. The summed E-state index contributed by atoms with van der Waals surface area (Å²) in [6.45, 7) is 6.63. The average Bonchev–Trinajstić information content (AvgIpc) is 2.82. The van der Waals surface area contributed by atoms with Gasteiger partial charge in [-0.25, -0.2) is 0 Å². The summed E-state index contributed by atoms with van der Waals surface area (Å²) in [5, 5.41) is 3.80. The second-order valence-corrected chi connectivity index (χ2v) is 6.44. The monoisotopic (exact) mass is 253 g/mol. The van der Waals surface area contributed by atoms with Gasteiger partial charge in [-0.15, -0.1) is 0 Å². The van der Waals surface area contributed by atoms with Gasteiger partial charge < -0.3 is 10.1 Å². The molecule has 106 valence electrons. The number of rotatable bonds is 6. The van der Waals surface area contributed by atoms with E-state index in [1.165, 1.54) is 57.9 Å². The van der Waals surface area contributed by atoms with Crippen LogP contribution in [0.2, 0.25) is 0 Å². The predicted octanol–water partition coefficient (Wildman–Crippen LogP) is 3.75. The molecule has 0 amide bonds. The van der Waals surface area contributed by atoms with E-state index in [0.717, 1.165) is 18.4 Å². The van der Waals surface area contributed by atoms with Crippen LogP contribution in [-0.2, 0) is 4.74 Å². The molecule has 0 radical (unpaired) electrons. The maximum atomic E-state index is 5.78. The zero-order valence-corrected chi connectivity index (χ0v) is 12.3. The molecule has 1 N–H and O–H groups in total. The van der Waals surface area contributed by atoms with Gasteiger partial charge in [-0.2, -0.15) is 0 Å². The second kappa shape index (κ2) is 7.49. The first-order valence-corrected chi connectivity index (χ1v) is 8.14. The zero-order chi connectivity index (χ0) is 12.8. The van der Waals surface area contributed by atoms with Crippen molar-refractivity contribution in [3.05, 3.63) is 0 Å². The predicted molar refractivity (Wildman–Crippen MR) is 76.8 cm³/mol. The molecular formula is C16H31NO. The van der Waals surface area contributed by atoms with Gasteiger partial charge in [0.05, 0.1) is 12.7 Å². The molecule has 3 atom stereocenters. The lowest BCUT2D eigenvalue weighted by Crippen LogP contribution is -2.39. The molecule has 0 bridgehead atoms. The van der Waals surface area contributed by atoms with Crippen LogP contribution in [0.25, 0.3) is 0 Å². The lowest BCUT2D eigenvalue weighted by atomic mass is 9.81. The van der Waals surface area contributed by atoms with E-state index >= 15 is 0 Å². The Morgan fingerprint density at radius 1 is 1.22 bits per heavy atom. The van der Waals surface area contributed by atoms with Crippen molar-refractivity contribution in [1.82, 2.24) is 5.32 Å². The normalized spacial score (nSPS) is 31.7. The standard InChI is InChI=1S/C16H31NO/c1-3-9-17-16(15-10-13(2)18-12-15)11-14-7-5-4-6-8-14/h13-17H,3-12H2,1-2H3. The fourth-order valence-corrected chi connectivity index (χ4v) is 3.68. The lowest BCUT2D eigenvalue weighted by Gasteiger charge is -2.30. The minimum absolute atomic E-state index is 0.479. The number of nitrogens with one attached hydrogen (secondary N) is 1. The van der Waals surface area contributed by atoms with Gasteiger partial charge in [0.1, 0.15) is 0 Å². The van der Waals surface area contributed by atoms with E-state index in [1.807, 2.05) is 0 Å². The molecule has 2 heteroatoms. The number of hydrogen-bond acceptors (Lipinski definition) is 2. The topological polar surface area (TPSA) is 21.3 Å². The van der Waals surface area contributed by atoms with E-state index in [1.54, 1.807) is 0 Å². The molecule has 2 nitrogen and oxygen atoms in total. The summed E-state index contributed by atoms with van der Waals surface area (Å²) in [6, 6.07) is 0.706. The molecule has 18 heavy (non-hydrogen) atoms. The van der Waals surface area contributed by atoms with Crippen molar-refractivity contribution in [2.45, 2.75) is 77.4 Å². The van der Waals surface area contributed by atoms with Gasteiger partial charge in [0, 0.05) is 12.0 Å². The zero-order valence-electron chi connectivity index (χ0n) is 12.3. The van der Waals surface area contributed by atoms with Crippen LogP contribution in [0.3, 0.4) is 0 Å². The molecule has 2 aliphatic rings. The van der Waals surface area contributed by atoms with Crippen LogP contribution in [0, 0.1) is 11.8 Å². The molecule has 0 aromatic heterocycles. The third-order valence-electron chi connectivity index (χ3n) is 4.77. The van der Waals surface area contributed by atoms with E-state index in [0.29, 0.717) is 12.1 Å². The van der Waals surface area contributed by atoms with Gasteiger partial charge in [-0.3, -0.25) is 0 Å². The molecule has 1 heterocycles. The van der Waals surface area contributed by atoms with Gasteiger partial charge >= 0.3 is 0 Å². The van der Waals surface area contributed by atoms with Crippen molar-refractivity contribution in [3.8, 4) is 0 Å². The maximum absolute atomic E-state index is 5.78. The van der Waals surface area contributed by atoms with Gasteiger partial charge in [0.15, 0.2) is 0 Å². The van der Waals surface area contributed by atoms with Crippen LogP contribution in [0.15, 0.2) is 0 Å². The highest BCUT2D eigenvalue weighted by Crippen LogP contribution is 2.32. The molecule has 3 unspecified atom stereocenters. The fourth-order valence-electron chi connectivity index (χ4n) is 3.68. The Bertz CT molecular complexity index is 225. The van der Waals surface area contributed by atoms with E-state index in [4.69, 9.17) is 4.74 Å².